The van der Waals surface area contributed by atoms with Crippen molar-refractivity contribution in [2.75, 3.05) is 20.1 Å². The van der Waals surface area contributed by atoms with Crippen LogP contribution in [0.25, 0.3) is 0 Å². The van der Waals surface area contributed by atoms with Crippen LogP contribution in [0.4, 0.5) is 8.78 Å². The number of hydrogen-bond donors (Lipinski definition) is 2. The van der Waals surface area contributed by atoms with E-state index in [1.54, 1.807) is 13.0 Å². The summed E-state index contributed by atoms with van der Waals surface area (Å²) in [6.07, 6.45) is 1.11. The lowest BCUT2D eigenvalue weighted by Crippen LogP contribution is -2.30. The molecule has 3 atom stereocenters. The Kier molecular flexibility index (Phi) is 5.78. The highest BCUT2D eigenvalue weighted by atomic mass is 19.1. The maximum atomic E-state index is 14.0. The molecule has 2 fully saturated rings. The number of amides is 1. The maximum absolute atomic E-state index is 14.0. The highest BCUT2D eigenvalue weighted by Crippen LogP contribution is 2.56. The van der Waals surface area contributed by atoms with E-state index in [0.29, 0.717) is 22.7 Å². The number of likely N-dealkylation sites (tertiary alicyclic amines) is 1. The number of aryl methyl sites for hydroxylation is 1. The standard InChI is InChI=1S/C28H25F2N3O2/c1-17-11-18(9-10-28-14-20(28)15-33(2)16-28)12-24(31-17)27(35)32-26(19-3-5-21(29)6-4-19)23-13-22(30)7-8-25(23)34/h3-8,11-13,20,26,34H,14-16H2,1-2H3,(H,32,35)/t20-,26?,28+/m1/s1. The molecular weight excluding hydrogens is 448 g/mol. The normalized spacial score (nSPS) is 21.5. The molecule has 7 heteroatoms. The summed E-state index contributed by atoms with van der Waals surface area (Å²) < 4.78 is 27.5. The molecule has 35 heavy (non-hydrogen) atoms. The number of piperidine rings is 1. The Labute approximate surface area is 202 Å². The first-order chi connectivity index (χ1) is 16.7. The van der Waals surface area contributed by atoms with Gasteiger partial charge in [0, 0.05) is 35.3 Å². The summed E-state index contributed by atoms with van der Waals surface area (Å²) in [6.45, 7) is 3.81. The topological polar surface area (TPSA) is 65.5 Å². The lowest BCUT2D eigenvalue weighted by Gasteiger charge is -2.21. The van der Waals surface area contributed by atoms with Gasteiger partial charge in [-0.1, -0.05) is 24.0 Å². The molecule has 2 aliphatic rings. The van der Waals surface area contributed by atoms with Crippen LogP contribution in [0.1, 0.15) is 45.3 Å². The zero-order chi connectivity index (χ0) is 24.7. The summed E-state index contributed by atoms with van der Waals surface area (Å²) in [6, 6.07) is 11.5. The summed E-state index contributed by atoms with van der Waals surface area (Å²) >= 11 is 0. The summed E-state index contributed by atoms with van der Waals surface area (Å²) in [5.74, 6) is 5.55. The fourth-order valence-electron chi connectivity index (χ4n) is 4.94. The molecule has 1 saturated heterocycles. The monoisotopic (exact) mass is 473 g/mol. The zero-order valence-electron chi connectivity index (χ0n) is 19.5. The van der Waals surface area contributed by atoms with Gasteiger partial charge in [-0.15, -0.1) is 0 Å². The van der Waals surface area contributed by atoms with E-state index < -0.39 is 23.6 Å². The van der Waals surface area contributed by atoms with Crippen LogP contribution in [0.15, 0.2) is 54.6 Å². The number of nitrogens with one attached hydrogen (secondary N) is 1. The van der Waals surface area contributed by atoms with E-state index in [9.17, 15) is 18.7 Å². The lowest BCUT2D eigenvalue weighted by atomic mass is 9.97. The van der Waals surface area contributed by atoms with E-state index in [-0.39, 0.29) is 22.4 Å². The van der Waals surface area contributed by atoms with Crippen LogP contribution in [0.2, 0.25) is 0 Å². The second-order valence-electron chi connectivity index (χ2n) is 9.55. The Balaban J connectivity index is 1.44. The van der Waals surface area contributed by atoms with Crippen molar-refractivity contribution in [2.45, 2.75) is 19.4 Å². The average Bonchev–Trinajstić information content (AvgIpc) is 3.38. The van der Waals surface area contributed by atoms with Gasteiger partial charge in [-0.2, -0.15) is 0 Å². The van der Waals surface area contributed by atoms with E-state index in [1.165, 1.54) is 30.3 Å². The number of benzene rings is 2. The number of aromatic nitrogens is 1. The van der Waals surface area contributed by atoms with Gasteiger partial charge in [-0.05, 0) is 74.3 Å². The largest absolute Gasteiger partial charge is 0.508 e. The average molecular weight is 474 g/mol. The first-order valence-corrected chi connectivity index (χ1v) is 11.5. The van der Waals surface area contributed by atoms with E-state index in [1.807, 2.05) is 6.07 Å². The van der Waals surface area contributed by atoms with Crippen LogP contribution in [0.5, 0.6) is 5.75 Å². The fraction of sp³-hybridized carbons (Fsp3) is 0.286. The number of carbonyl (C=O) groups is 1. The fourth-order valence-corrected chi connectivity index (χ4v) is 4.94. The maximum Gasteiger partial charge on any atom is 0.270 e. The third-order valence-electron chi connectivity index (χ3n) is 6.74. The van der Waals surface area contributed by atoms with E-state index in [0.717, 1.165) is 31.6 Å². The Morgan fingerprint density at radius 2 is 1.91 bits per heavy atom. The van der Waals surface area contributed by atoms with Crippen LogP contribution in [-0.4, -0.2) is 41.0 Å². The van der Waals surface area contributed by atoms with Crippen molar-refractivity contribution >= 4 is 5.91 Å². The molecule has 0 bridgehead atoms. The van der Waals surface area contributed by atoms with Gasteiger partial charge >= 0.3 is 0 Å². The van der Waals surface area contributed by atoms with Gasteiger partial charge in [-0.25, -0.2) is 13.8 Å². The Bertz CT molecular complexity index is 1360. The van der Waals surface area contributed by atoms with Crippen molar-refractivity contribution in [3.8, 4) is 17.6 Å². The van der Waals surface area contributed by atoms with Gasteiger partial charge in [0.25, 0.3) is 5.91 Å². The molecule has 5 nitrogen and oxygen atoms in total. The SMILES string of the molecule is Cc1cc(C#C[C@@]23C[C@@H]2CN(C)C3)cc(C(=O)NC(c2ccc(F)cc2)c2cc(F)ccc2O)n1. The predicted octanol–water partition coefficient (Wildman–Crippen LogP) is 4.20. The van der Waals surface area contributed by atoms with Crippen LogP contribution >= 0.6 is 0 Å². The number of fused-ring (bicyclic) bond motifs is 1. The van der Waals surface area contributed by atoms with Crippen LogP contribution in [0.3, 0.4) is 0 Å². The number of halogens is 2. The molecule has 1 unspecified atom stereocenters. The second-order valence-corrected chi connectivity index (χ2v) is 9.55. The molecule has 0 spiro atoms. The van der Waals surface area contributed by atoms with Crippen molar-refractivity contribution in [2.24, 2.45) is 11.3 Å². The summed E-state index contributed by atoms with van der Waals surface area (Å²) in [5, 5.41) is 13.2. The second kappa shape index (κ2) is 8.79. The number of phenols is 1. The van der Waals surface area contributed by atoms with Crippen molar-refractivity contribution in [1.29, 1.82) is 0 Å². The summed E-state index contributed by atoms with van der Waals surface area (Å²) in [4.78, 5) is 19.9. The van der Waals surface area contributed by atoms with Crippen molar-refractivity contribution < 1.29 is 18.7 Å². The van der Waals surface area contributed by atoms with Gasteiger partial charge in [0.15, 0.2) is 0 Å². The Hall–Kier alpha value is -3.76. The van der Waals surface area contributed by atoms with E-state index >= 15 is 0 Å². The summed E-state index contributed by atoms with van der Waals surface area (Å²) in [7, 11) is 2.10. The van der Waals surface area contributed by atoms with Crippen molar-refractivity contribution in [1.82, 2.24) is 15.2 Å². The number of hydrogen-bond acceptors (Lipinski definition) is 4. The molecule has 0 radical (unpaired) electrons. The molecule has 1 aliphatic carbocycles. The number of phenolic OH excluding ortho intramolecular Hbond substituents is 1. The Morgan fingerprint density at radius 3 is 2.63 bits per heavy atom. The van der Waals surface area contributed by atoms with Crippen LogP contribution in [-0.2, 0) is 0 Å². The molecule has 1 aliphatic heterocycles. The van der Waals surface area contributed by atoms with Crippen LogP contribution in [0, 0.1) is 41.7 Å². The smallest absolute Gasteiger partial charge is 0.270 e. The highest BCUT2D eigenvalue weighted by molar-refractivity contribution is 5.93. The molecule has 2 N–H and O–H groups in total. The number of rotatable bonds is 4. The van der Waals surface area contributed by atoms with Gasteiger partial charge in [0.2, 0.25) is 0 Å². The minimum absolute atomic E-state index is 0.0525. The van der Waals surface area contributed by atoms with Crippen LogP contribution < -0.4 is 5.32 Å². The molecule has 1 aromatic heterocycles. The van der Waals surface area contributed by atoms with Gasteiger partial charge in [-0.3, -0.25) is 4.79 Å². The highest BCUT2D eigenvalue weighted by Gasteiger charge is 2.58. The van der Waals surface area contributed by atoms with E-state index in [2.05, 4.69) is 34.1 Å². The van der Waals surface area contributed by atoms with Gasteiger partial charge in [0.05, 0.1) is 6.04 Å². The number of pyridine rings is 1. The lowest BCUT2D eigenvalue weighted by molar-refractivity contribution is 0.0937. The third kappa shape index (κ3) is 4.75. The van der Waals surface area contributed by atoms with Gasteiger partial charge in [0.1, 0.15) is 23.1 Å². The predicted molar refractivity (Wildman–Crippen MR) is 128 cm³/mol. The minimum Gasteiger partial charge on any atom is -0.508 e. The first-order valence-electron chi connectivity index (χ1n) is 11.5. The molecule has 1 amide bonds. The molecule has 1 saturated carbocycles. The van der Waals surface area contributed by atoms with Crippen molar-refractivity contribution in [3.63, 3.8) is 0 Å². The molecule has 5 rings (SSSR count). The third-order valence-corrected chi connectivity index (χ3v) is 6.74. The minimum atomic E-state index is -0.921. The Morgan fingerprint density at radius 1 is 1.17 bits per heavy atom. The number of nitrogens with zero attached hydrogens (tertiary/aromatic N) is 2. The zero-order valence-corrected chi connectivity index (χ0v) is 19.5. The summed E-state index contributed by atoms with van der Waals surface area (Å²) in [5.41, 5.74) is 2.19. The van der Waals surface area contributed by atoms with E-state index in [4.69, 9.17) is 0 Å². The van der Waals surface area contributed by atoms with Crippen molar-refractivity contribution in [3.05, 3.63) is 94.3 Å². The first kappa shape index (κ1) is 23.0. The van der Waals surface area contributed by atoms with Gasteiger partial charge < -0.3 is 15.3 Å². The number of carbonyl (C=O) groups excluding carboxylic acids is 1. The molecule has 178 valence electrons. The molecular formula is C28H25F2N3O2. The molecule has 2 heterocycles. The quantitative estimate of drug-likeness (QED) is 0.558. The number of aromatic hydroxyl groups is 1. The molecule has 2 aromatic carbocycles. The molecule has 3 aromatic rings.